The largest absolute Gasteiger partial charge is 0.317 e. The molecule has 2 aliphatic rings. The Hall–Kier alpha value is -0.0800. The first-order chi connectivity index (χ1) is 7.26. The molecule has 1 aliphatic carbocycles. The van der Waals surface area contributed by atoms with Crippen molar-refractivity contribution in [2.45, 2.75) is 76.5 Å². The van der Waals surface area contributed by atoms with Gasteiger partial charge in [0.15, 0.2) is 0 Å². The van der Waals surface area contributed by atoms with E-state index >= 15 is 0 Å². The lowest BCUT2D eigenvalue weighted by Crippen LogP contribution is -2.42. The minimum atomic E-state index is 0.778. The van der Waals surface area contributed by atoms with Gasteiger partial charge < -0.3 is 5.32 Å². The summed E-state index contributed by atoms with van der Waals surface area (Å²) < 4.78 is 0. The number of hydrogen-bond acceptors (Lipinski definition) is 2. The lowest BCUT2D eigenvalue weighted by molar-refractivity contribution is 0.134. The zero-order valence-electron chi connectivity index (χ0n) is 10.5. The predicted octanol–water partition coefficient (Wildman–Crippen LogP) is 2.39. The van der Waals surface area contributed by atoms with Gasteiger partial charge in [0.2, 0.25) is 0 Å². The van der Waals surface area contributed by atoms with Gasteiger partial charge in [-0.05, 0) is 52.5 Å². The van der Waals surface area contributed by atoms with Crippen molar-refractivity contribution in [2.24, 2.45) is 0 Å². The zero-order chi connectivity index (χ0) is 10.8. The van der Waals surface area contributed by atoms with Crippen molar-refractivity contribution < 1.29 is 0 Å². The van der Waals surface area contributed by atoms with Crippen molar-refractivity contribution in [3.8, 4) is 0 Å². The molecule has 2 heteroatoms. The van der Waals surface area contributed by atoms with E-state index in [2.05, 4.69) is 31.1 Å². The molecule has 2 rings (SSSR count). The smallest absolute Gasteiger partial charge is 0.0116 e. The summed E-state index contributed by atoms with van der Waals surface area (Å²) in [7, 11) is 2.11. The number of nitrogens with one attached hydrogen (secondary N) is 1. The molecule has 1 saturated carbocycles. The quantitative estimate of drug-likeness (QED) is 0.769. The molecule has 0 amide bonds. The molecule has 1 saturated heterocycles. The van der Waals surface area contributed by atoms with Gasteiger partial charge in [-0.25, -0.2) is 0 Å². The topological polar surface area (TPSA) is 15.3 Å². The van der Waals surface area contributed by atoms with Crippen molar-refractivity contribution in [1.29, 1.82) is 0 Å². The minimum Gasteiger partial charge on any atom is -0.317 e. The van der Waals surface area contributed by atoms with Crippen LogP contribution in [-0.2, 0) is 0 Å². The molecule has 0 spiro atoms. The molecule has 1 N–H and O–H groups in total. The van der Waals surface area contributed by atoms with Gasteiger partial charge in [0.1, 0.15) is 0 Å². The van der Waals surface area contributed by atoms with Gasteiger partial charge in [-0.1, -0.05) is 6.92 Å². The summed E-state index contributed by atoms with van der Waals surface area (Å²) >= 11 is 0. The van der Waals surface area contributed by atoms with Crippen LogP contribution in [0.25, 0.3) is 0 Å². The van der Waals surface area contributed by atoms with Crippen LogP contribution in [0.15, 0.2) is 0 Å². The third-order valence-electron chi connectivity index (χ3n) is 4.55. The third-order valence-corrected chi connectivity index (χ3v) is 4.55. The van der Waals surface area contributed by atoms with Gasteiger partial charge in [-0.2, -0.15) is 0 Å². The Morgan fingerprint density at radius 2 is 2.00 bits per heavy atom. The first kappa shape index (κ1) is 11.4. The van der Waals surface area contributed by atoms with Gasteiger partial charge in [-0.3, -0.25) is 4.90 Å². The maximum atomic E-state index is 3.44. The molecule has 0 aromatic carbocycles. The standard InChI is InChI=1S/C13H26N2/c1-4-12-7-5-10(2)15(12)13-8-6-11(9-13)14-3/h10-14H,4-9H2,1-3H3. The summed E-state index contributed by atoms with van der Waals surface area (Å²) in [6.07, 6.45) is 8.34. The Bertz CT molecular complexity index is 205. The summed E-state index contributed by atoms with van der Waals surface area (Å²) in [6, 6.07) is 3.35. The molecule has 0 bridgehead atoms. The third kappa shape index (κ3) is 2.21. The molecule has 1 aliphatic heterocycles. The first-order valence-corrected chi connectivity index (χ1v) is 6.71. The fraction of sp³-hybridized carbons (Fsp3) is 1.00. The van der Waals surface area contributed by atoms with Crippen LogP contribution in [0, 0.1) is 0 Å². The first-order valence-electron chi connectivity index (χ1n) is 6.71. The molecular weight excluding hydrogens is 184 g/mol. The van der Waals surface area contributed by atoms with Gasteiger partial charge in [0, 0.05) is 24.2 Å². The molecule has 4 atom stereocenters. The van der Waals surface area contributed by atoms with Gasteiger partial charge in [-0.15, -0.1) is 0 Å². The summed E-state index contributed by atoms with van der Waals surface area (Å²) in [4.78, 5) is 2.83. The molecule has 0 radical (unpaired) electrons. The van der Waals surface area contributed by atoms with E-state index in [0.717, 1.165) is 24.2 Å². The van der Waals surface area contributed by atoms with E-state index in [0.29, 0.717) is 0 Å². The predicted molar refractivity (Wildman–Crippen MR) is 65.1 cm³/mol. The van der Waals surface area contributed by atoms with Crippen LogP contribution < -0.4 is 5.32 Å². The zero-order valence-corrected chi connectivity index (χ0v) is 10.5. The molecule has 2 fully saturated rings. The molecule has 0 aromatic rings. The van der Waals surface area contributed by atoms with Crippen LogP contribution in [0.1, 0.15) is 52.4 Å². The molecule has 15 heavy (non-hydrogen) atoms. The molecule has 0 aromatic heterocycles. The van der Waals surface area contributed by atoms with Gasteiger partial charge in [0.05, 0.1) is 0 Å². The normalized spacial score (nSPS) is 42.6. The Balaban J connectivity index is 1.97. The highest BCUT2D eigenvalue weighted by Gasteiger charge is 2.37. The van der Waals surface area contributed by atoms with E-state index in [1.807, 2.05) is 0 Å². The highest BCUT2D eigenvalue weighted by atomic mass is 15.2. The van der Waals surface area contributed by atoms with Crippen LogP contribution in [0.2, 0.25) is 0 Å². The second-order valence-electron chi connectivity index (χ2n) is 5.39. The van der Waals surface area contributed by atoms with Crippen molar-refractivity contribution in [1.82, 2.24) is 10.2 Å². The number of nitrogens with zero attached hydrogens (tertiary/aromatic N) is 1. The number of likely N-dealkylation sites (tertiary alicyclic amines) is 1. The van der Waals surface area contributed by atoms with Crippen molar-refractivity contribution in [3.63, 3.8) is 0 Å². The highest BCUT2D eigenvalue weighted by Crippen LogP contribution is 2.34. The van der Waals surface area contributed by atoms with Gasteiger partial charge >= 0.3 is 0 Å². The van der Waals surface area contributed by atoms with E-state index in [1.54, 1.807) is 0 Å². The van der Waals surface area contributed by atoms with Crippen LogP contribution >= 0.6 is 0 Å². The fourth-order valence-corrected chi connectivity index (χ4v) is 3.66. The lowest BCUT2D eigenvalue weighted by Gasteiger charge is -2.34. The van der Waals surface area contributed by atoms with E-state index in [4.69, 9.17) is 0 Å². The van der Waals surface area contributed by atoms with E-state index in [-0.39, 0.29) is 0 Å². The number of hydrogen-bond donors (Lipinski definition) is 1. The van der Waals surface area contributed by atoms with Crippen LogP contribution in [-0.4, -0.2) is 36.1 Å². The molecular formula is C13H26N2. The molecule has 88 valence electrons. The summed E-state index contributed by atoms with van der Waals surface area (Å²) in [5.74, 6) is 0. The van der Waals surface area contributed by atoms with Crippen LogP contribution in [0.5, 0.6) is 0 Å². The average Bonchev–Trinajstić information content (AvgIpc) is 2.83. The Morgan fingerprint density at radius 3 is 2.60 bits per heavy atom. The van der Waals surface area contributed by atoms with Crippen molar-refractivity contribution >= 4 is 0 Å². The molecule has 1 heterocycles. The van der Waals surface area contributed by atoms with Crippen molar-refractivity contribution in [2.75, 3.05) is 7.05 Å². The fourth-order valence-electron chi connectivity index (χ4n) is 3.66. The number of rotatable bonds is 3. The summed E-state index contributed by atoms with van der Waals surface area (Å²) in [5.41, 5.74) is 0. The second-order valence-corrected chi connectivity index (χ2v) is 5.39. The highest BCUT2D eigenvalue weighted by molar-refractivity contribution is 4.94. The summed E-state index contributed by atoms with van der Waals surface area (Å²) in [5, 5.41) is 3.44. The van der Waals surface area contributed by atoms with Crippen LogP contribution in [0.3, 0.4) is 0 Å². The van der Waals surface area contributed by atoms with Crippen LogP contribution in [0.4, 0.5) is 0 Å². The lowest BCUT2D eigenvalue weighted by atomic mass is 10.1. The maximum Gasteiger partial charge on any atom is 0.0116 e. The second kappa shape index (κ2) is 4.84. The van der Waals surface area contributed by atoms with E-state index < -0.39 is 0 Å². The monoisotopic (exact) mass is 210 g/mol. The maximum absolute atomic E-state index is 3.44. The van der Waals surface area contributed by atoms with Gasteiger partial charge in [0.25, 0.3) is 0 Å². The van der Waals surface area contributed by atoms with E-state index in [1.165, 1.54) is 38.5 Å². The molecule has 4 unspecified atom stereocenters. The Labute approximate surface area is 94.4 Å². The van der Waals surface area contributed by atoms with E-state index in [9.17, 15) is 0 Å². The van der Waals surface area contributed by atoms with Crippen molar-refractivity contribution in [3.05, 3.63) is 0 Å². The average molecular weight is 210 g/mol. The minimum absolute atomic E-state index is 0.778. The Morgan fingerprint density at radius 1 is 1.20 bits per heavy atom. The molecule has 2 nitrogen and oxygen atoms in total. The Kier molecular flexibility index (Phi) is 3.68. The summed E-state index contributed by atoms with van der Waals surface area (Å²) in [6.45, 7) is 4.77. The SMILES string of the molecule is CCC1CCC(C)N1C1CCC(NC)C1.